The summed E-state index contributed by atoms with van der Waals surface area (Å²) < 4.78 is 0. The minimum atomic E-state index is -1.26. The van der Waals surface area contributed by atoms with E-state index in [1.54, 1.807) is 30.5 Å². The molecule has 13 N–H and O–H groups in total. The monoisotopic (exact) mass is 952 g/mol. The molecule has 2 aromatic rings. The molecule has 0 bridgehead atoms. The van der Waals surface area contributed by atoms with Gasteiger partial charge in [-0.15, -0.1) is 0 Å². The molecule has 380 valence electrons. The van der Waals surface area contributed by atoms with Crippen molar-refractivity contribution in [1.82, 2.24) is 41.9 Å². The number of aromatic amines is 1. The summed E-state index contributed by atoms with van der Waals surface area (Å²) in [4.78, 5) is 100. The fourth-order valence-electron chi connectivity index (χ4n) is 7.74. The first-order valence-electron chi connectivity index (χ1n) is 24.8. The average molecular weight is 952 g/mol. The summed E-state index contributed by atoms with van der Waals surface area (Å²) in [6, 6.07) is 3.10. The number of imidazole rings is 1. The predicted octanol–water partition coefficient (Wildman–Crippen LogP) is 3.95. The van der Waals surface area contributed by atoms with Crippen LogP contribution in [0, 0.1) is 5.41 Å². The summed E-state index contributed by atoms with van der Waals surface area (Å²) in [6.07, 6.45) is 19.4. The third kappa shape index (κ3) is 26.5. The maximum absolute atomic E-state index is 14.4. The second kappa shape index (κ2) is 35.3. The van der Waals surface area contributed by atoms with Crippen molar-refractivity contribution < 1.29 is 38.7 Å². The van der Waals surface area contributed by atoms with E-state index in [4.69, 9.17) is 16.9 Å². The van der Waals surface area contributed by atoms with Gasteiger partial charge in [0.25, 0.3) is 0 Å². The van der Waals surface area contributed by atoms with E-state index in [0.29, 0.717) is 37.1 Å². The van der Waals surface area contributed by atoms with E-state index in [9.17, 15) is 38.7 Å². The lowest BCUT2D eigenvalue weighted by molar-refractivity contribution is -0.138. The van der Waals surface area contributed by atoms with Gasteiger partial charge >= 0.3 is 5.97 Å². The molecule has 1 heterocycles. The topological polar surface area (TPSA) is 316 Å². The van der Waals surface area contributed by atoms with Gasteiger partial charge in [0.2, 0.25) is 29.5 Å². The summed E-state index contributed by atoms with van der Waals surface area (Å²) in [6.45, 7) is 3.96. The summed E-state index contributed by atoms with van der Waals surface area (Å²) in [5.74, 6) is -4.98. The minimum Gasteiger partial charge on any atom is -0.481 e. The number of aliphatic carboxylic acids is 1. The van der Waals surface area contributed by atoms with Gasteiger partial charge in [-0.25, -0.2) is 4.98 Å². The van der Waals surface area contributed by atoms with Crippen LogP contribution in [0.4, 0.5) is 0 Å². The Balaban J connectivity index is 2.24. The number of carbonyl (C=O) groups is 7. The van der Waals surface area contributed by atoms with Crippen LogP contribution in [0.5, 0.6) is 0 Å². The Bertz CT molecular complexity index is 1800. The van der Waals surface area contributed by atoms with Gasteiger partial charge in [0.1, 0.15) is 24.2 Å². The Labute approximate surface area is 402 Å². The minimum absolute atomic E-state index is 0.0205. The maximum atomic E-state index is 14.4. The fourth-order valence-corrected chi connectivity index (χ4v) is 7.74. The third-order valence-electron chi connectivity index (χ3n) is 11.7. The SMILES string of the molecule is CCCCCCCCCCCCCCCC(=O)N[C@@H](Cc1c[nH]cn1)C(=O)N[C@@H](Cc1ccccc1)C(=O)N[C@@H](CCCNC(=N)N)C(=O)N[C@@H](CCCCN)C(=O)N[C@@H](CCC(=O)O)C(C)=O. The van der Waals surface area contributed by atoms with E-state index in [-0.39, 0.29) is 69.8 Å². The molecule has 2 rings (SSSR count). The molecule has 0 radical (unpaired) electrons. The lowest BCUT2D eigenvalue weighted by Crippen LogP contribution is -2.59. The Hall–Kier alpha value is -5.85. The molecule has 1 aromatic heterocycles. The van der Waals surface area contributed by atoms with Crippen molar-refractivity contribution in [2.45, 2.75) is 192 Å². The first-order chi connectivity index (χ1) is 32.7. The van der Waals surface area contributed by atoms with Crippen LogP contribution in [0.25, 0.3) is 0 Å². The quantitative estimate of drug-likeness (QED) is 0.0258. The van der Waals surface area contributed by atoms with Crippen molar-refractivity contribution >= 4 is 47.2 Å². The predicted molar refractivity (Wildman–Crippen MR) is 262 cm³/mol. The molecule has 0 saturated carbocycles. The van der Waals surface area contributed by atoms with E-state index in [1.165, 1.54) is 71.0 Å². The van der Waals surface area contributed by atoms with Gasteiger partial charge in [0.15, 0.2) is 11.7 Å². The van der Waals surface area contributed by atoms with E-state index >= 15 is 0 Å². The highest BCUT2D eigenvalue weighted by molar-refractivity contribution is 5.96. The van der Waals surface area contributed by atoms with Crippen LogP contribution in [0.3, 0.4) is 0 Å². The normalized spacial score (nSPS) is 13.2. The molecule has 1 aromatic carbocycles. The molecule has 0 aliphatic rings. The van der Waals surface area contributed by atoms with Crippen LogP contribution in [-0.4, -0.2) is 106 Å². The zero-order valence-electron chi connectivity index (χ0n) is 40.5. The van der Waals surface area contributed by atoms with E-state index < -0.39 is 65.6 Å². The Morgan fingerprint density at radius 1 is 0.632 bits per heavy atom. The summed E-state index contributed by atoms with van der Waals surface area (Å²) in [7, 11) is 0. The van der Waals surface area contributed by atoms with Crippen molar-refractivity contribution in [2.24, 2.45) is 11.5 Å². The highest BCUT2D eigenvalue weighted by Crippen LogP contribution is 2.14. The van der Waals surface area contributed by atoms with Gasteiger partial charge in [0, 0.05) is 38.4 Å². The van der Waals surface area contributed by atoms with Crippen molar-refractivity contribution in [3.63, 3.8) is 0 Å². The highest BCUT2D eigenvalue weighted by Gasteiger charge is 2.32. The fraction of sp³-hybridized carbons (Fsp3) is 0.653. The Morgan fingerprint density at radius 2 is 1.15 bits per heavy atom. The van der Waals surface area contributed by atoms with Crippen molar-refractivity contribution in [2.75, 3.05) is 13.1 Å². The Morgan fingerprint density at radius 3 is 1.66 bits per heavy atom. The zero-order valence-corrected chi connectivity index (χ0v) is 40.5. The number of carboxylic acid groups (broad SMARTS) is 1. The van der Waals surface area contributed by atoms with Crippen LogP contribution >= 0.6 is 0 Å². The lowest BCUT2D eigenvalue weighted by atomic mass is 10.0. The van der Waals surface area contributed by atoms with E-state index in [2.05, 4.69) is 48.8 Å². The van der Waals surface area contributed by atoms with E-state index in [0.717, 1.165) is 19.3 Å². The van der Waals surface area contributed by atoms with Gasteiger partial charge in [-0.2, -0.15) is 0 Å². The van der Waals surface area contributed by atoms with Crippen LogP contribution < -0.4 is 43.4 Å². The number of carbonyl (C=O) groups excluding carboxylic acids is 6. The number of nitrogens with zero attached hydrogens (tertiary/aromatic N) is 1. The molecule has 0 aliphatic carbocycles. The molecule has 68 heavy (non-hydrogen) atoms. The molecule has 19 nitrogen and oxygen atoms in total. The van der Waals surface area contributed by atoms with Crippen LogP contribution in [-0.2, 0) is 46.4 Å². The molecule has 19 heteroatoms. The number of H-pyrrole nitrogens is 1. The number of ketones is 1. The summed E-state index contributed by atoms with van der Waals surface area (Å²) in [5, 5.41) is 33.1. The Kier molecular flexibility index (Phi) is 30.3. The van der Waals surface area contributed by atoms with Gasteiger partial charge in [-0.1, -0.05) is 114 Å². The number of benzene rings is 1. The number of amides is 5. The largest absolute Gasteiger partial charge is 0.481 e. The average Bonchev–Trinajstić information content (AvgIpc) is 3.82. The number of hydrogen-bond donors (Lipinski definition) is 11. The first-order valence-corrected chi connectivity index (χ1v) is 24.8. The van der Waals surface area contributed by atoms with Gasteiger partial charge in [-0.3, -0.25) is 39.0 Å². The maximum Gasteiger partial charge on any atom is 0.303 e. The van der Waals surface area contributed by atoms with Gasteiger partial charge < -0.3 is 53.5 Å². The molecular formula is C49H81N11O8. The molecule has 5 atom stereocenters. The smallest absolute Gasteiger partial charge is 0.303 e. The molecule has 0 aliphatic heterocycles. The van der Waals surface area contributed by atoms with Crippen molar-refractivity contribution in [3.05, 3.63) is 54.1 Å². The molecule has 5 amide bonds. The molecule has 0 saturated heterocycles. The number of guanidine groups is 1. The lowest BCUT2D eigenvalue weighted by Gasteiger charge is -2.27. The number of hydrogen-bond acceptors (Lipinski definition) is 10. The van der Waals surface area contributed by atoms with Crippen molar-refractivity contribution in [3.8, 4) is 0 Å². The number of carboxylic acids is 1. The molecule has 0 unspecified atom stereocenters. The number of rotatable bonds is 39. The number of nitrogens with one attached hydrogen (secondary N) is 8. The van der Waals surface area contributed by atoms with Crippen LogP contribution in [0.1, 0.15) is 160 Å². The molecule has 0 fully saturated rings. The first kappa shape index (κ1) is 58.3. The standard InChI is InChI=1S/C49H81N11O8/c1-3-4-5-6-7-8-9-10-11-12-13-14-18-26-43(62)56-42(32-37-33-53-34-55-37)48(68)60-41(31-36-22-16-15-17-23-36)47(67)59-40(25-21-30-54-49(51)52)46(66)58-39(24-19-20-29-50)45(65)57-38(35(2)61)27-28-44(63)64/h15-17,22-23,33-34,38-42H,3-14,18-21,24-32,50H2,1-2H3,(H,53,55)(H,56,62)(H,57,65)(H,58,66)(H,59,67)(H,60,68)(H,63,64)(H4,51,52,54)/t38-,39-,40-,41-,42-/m0/s1. The van der Waals surface area contributed by atoms with Crippen molar-refractivity contribution in [1.29, 1.82) is 5.41 Å². The second-order valence-electron chi connectivity index (χ2n) is 17.6. The van der Waals surface area contributed by atoms with E-state index in [1.807, 2.05) is 6.07 Å². The number of unbranched alkanes of at least 4 members (excludes halogenated alkanes) is 13. The molecule has 0 spiro atoms. The number of nitrogens with two attached hydrogens (primary N) is 2. The third-order valence-corrected chi connectivity index (χ3v) is 11.7. The number of aromatic nitrogens is 2. The van der Waals surface area contributed by atoms with Gasteiger partial charge in [-0.05, 0) is 64.0 Å². The van der Waals surface area contributed by atoms with Crippen LogP contribution in [0.2, 0.25) is 0 Å². The summed E-state index contributed by atoms with van der Waals surface area (Å²) in [5.41, 5.74) is 12.4. The molecular weight excluding hydrogens is 871 g/mol. The highest BCUT2D eigenvalue weighted by atomic mass is 16.4. The zero-order chi connectivity index (χ0) is 49.9. The number of Topliss-reactive ketones (excluding diaryl/α,β-unsaturated/α-hetero) is 1. The summed E-state index contributed by atoms with van der Waals surface area (Å²) >= 11 is 0. The van der Waals surface area contributed by atoms with Crippen LogP contribution in [0.15, 0.2) is 42.9 Å². The second-order valence-corrected chi connectivity index (χ2v) is 17.6. The van der Waals surface area contributed by atoms with Gasteiger partial charge in [0.05, 0.1) is 18.1 Å².